The molecule has 1 heterocycles. The van der Waals surface area contributed by atoms with Crippen LogP contribution in [-0.2, 0) is 11.2 Å². The Morgan fingerprint density at radius 1 is 1.24 bits per heavy atom. The number of carbonyl (C=O) groups excluding carboxylic acids is 2. The van der Waals surface area contributed by atoms with Gasteiger partial charge in [0.1, 0.15) is 6.04 Å². The van der Waals surface area contributed by atoms with E-state index in [1.807, 2.05) is 45.0 Å². The summed E-state index contributed by atoms with van der Waals surface area (Å²) in [6.45, 7) is 8.08. The average molecular weight is 289 g/mol. The van der Waals surface area contributed by atoms with E-state index in [9.17, 15) is 9.59 Å². The first-order chi connectivity index (χ1) is 9.78. The van der Waals surface area contributed by atoms with Crippen molar-refractivity contribution in [2.75, 3.05) is 11.4 Å². The Morgan fingerprint density at radius 3 is 2.57 bits per heavy atom. The van der Waals surface area contributed by atoms with E-state index in [1.165, 1.54) is 5.56 Å². The number of amides is 3. The predicted molar refractivity (Wildman–Crippen MR) is 83.4 cm³/mol. The Balaban J connectivity index is 1.99. The summed E-state index contributed by atoms with van der Waals surface area (Å²) >= 11 is 0. The molecule has 0 aromatic heterocycles. The van der Waals surface area contributed by atoms with Crippen molar-refractivity contribution in [2.45, 2.75) is 45.7 Å². The lowest BCUT2D eigenvalue weighted by atomic mass is 10.1. The first kappa shape index (κ1) is 15.4. The monoisotopic (exact) mass is 289 g/mol. The zero-order chi connectivity index (χ0) is 15.6. The number of nitrogens with zero attached hydrogens (tertiary/aromatic N) is 1. The second kappa shape index (κ2) is 5.76. The average Bonchev–Trinajstić information content (AvgIpc) is 2.79. The Kier molecular flexibility index (Phi) is 4.21. The van der Waals surface area contributed by atoms with Crippen molar-refractivity contribution < 1.29 is 9.59 Å². The van der Waals surface area contributed by atoms with Crippen LogP contribution >= 0.6 is 0 Å². The lowest BCUT2D eigenvalue weighted by molar-refractivity contribution is -0.119. The molecule has 0 saturated carbocycles. The molecule has 1 atom stereocenters. The molecule has 0 aliphatic carbocycles. The van der Waals surface area contributed by atoms with Crippen molar-refractivity contribution >= 4 is 17.6 Å². The fraction of sp³-hybridized carbons (Fsp3) is 0.500. The van der Waals surface area contributed by atoms with Crippen LogP contribution in [0, 0.1) is 0 Å². The van der Waals surface area contributed by atoms with Crippen LogP contribution in [-0.4, -0.2) is 30.1 Å². The van der Waals surface area contributed by atoms with E-state index in [-0.39, 0.29) is 17.5 Å². The first-order valence-electron chi connectivity index (χ1n) is 7.26. The van der Waals surface area contributed by atoms with Crippen LogP contribution in [0.2, 0.25) is 0 Å². The molecule has 0 spiro atoms. The number of para-hydroxylation sites is 1. The summed E-state index contributed by atoms with van der Waals surface area (Å²) in [4.78, 5) is 26.1. The molecule has 1 aliphatic heterocycles. The number of carbonyl (C=O) groups is 2. The number of fused-ring (bicyclic) bond motifs is 1. The molecule has 5 heteroatoms. The topological polar surface area (TPSA) is 61.4 Å². The Hall–Kier alpha value is -2.04. The van der Waals surface area contributed by atoms with Crippen LogP contribution in [0.25, 0.3) is 0 Å². The fourth-order valence-corrected chi connectivity index (χ4v) is 2.44. The normalized spacial score (nSPS) is 15.3. The largest absolute Gasteiger partial charge is 0.334 e. The molecule has 21 heavy (non-hydrogen) atoms. The third-order valence-electron chi connectivity index (χ3n) is 3.36. The third kappa shape index (κ3) is 3.74. The van der Waals surface area contributed by atoms with Gasteiger partial charge in [0.25, 0.3) is 0 Å². The molecule has 114 valence electrons. The van der Waals surface area contributed by atoms with E-state index in [4.69, 9.17) is 0 Å². The van der Waals surface area contributed by atoms with Crippen molar-refractivity contribution in [3.05, 3.63) is 29.8 Å². The van der Waals surface area contributed by atoms with E-state index in [0.717, 1.165) is 12.1 Å². The van der Waals surface area contributed by atoms with Crippen LogP contribution in [0.4, 0.5) is 10.5 Å². The van der Waals surface area contributed by atoms with Gasteiger partial charge in [0.2, 0.25) is 5.91 Å². The zero-order valence-corrected chi connectivity index (χ0v) is 13.1. The summed E-state index contributed by atoms with van der Waals surface area (Å²) in [7, 11) is 0. The maximum Gasteiger partial charge on any atom is 0.315 e. The van der Waals surface area contributed by atoms with Crippen molar-refractivity contribution in [1.29, 1.82) is 0 Å². The molecule has 0 bridgehead atoms. The second-order valence-electron chi connectivity index (χ2n) is 6.44. The molecule has 1 aliphatic rings. The summed E-state index contributed by atoms with van der Waals surface area (Å²) in [5.41, 5.74) is 1.80. The summed E-state index contributed by atoms with van der Waals surface area (Å²) in [5.74, 6) is -0.0796. The lowest BCUT2D eigenvalue weighted by Gasteiger charge is -2.25. The van der Waals surface area contributed by atoms with Crippen molar-refractivity contribution in [1.82, 2.24) is 10.6 Å². The summed E-state index contributed by atoms with van der Waals surface area (Å²) < 4.78 is 0. The van der Waals surface area contributed by atoms with Gasteiger partial charge >= 0.3 is 6.03 Å². The number of urea groups is 1. The van der Waals surface area contributed by atoms with Crippen molar-refractivity contribution in [3.8, 4) is 0 Å². The van der Waals surface area contributed by atoms with Crippen LogP contribution in [0.15, 0.2) is 24.3 Å². The standard InChI is InChI=1S/C16H23N3O2/c1-11(17-15(21)18-16(2,3)4)14(20)19-10-9-12-7-5-6-8-13(12)19/h5-8,11H,9-10H2,1-4H3,(H2,17,18,21)/t11-/m0/s1. The van der Waals surface area contributed by atoms with E-state index < -0.39 is 6.04 Å². The van der Waals surface area contributed by atoms with Crippen molar-refractivity contribution in [2.24, 2.45) is 0 Å². The Morgan fingerprint density at radius 2 is 1.90 bits per heavy atom. The van der Waals surface area contributed by atoms with Crippen molar-refractivity contribution in [3.63, 3.8) is 0 Å². The second-order valence-corrected chi connectivity index (χ2v) is 6.44. The number of anilines is 1. The Labute approximate surface area is 125 Å². The minimum absolute atomic E-state index is 0.0796. The van der Waals surface area contributed by atoms with E-state index in [1.54, 1.807) is 11.8 Å². The van der Waals surface area contributed by atoms with E-state index in [2.05, 4.69) is 10.6 Å². The van der Waals surface area contributed by atoms with Gasteiger partial charge in [-0.3, -0.25) is 4.79 Å². The first-order valence-corrected chi connectivity index (χ1v) is 7.26. The van der Waals surface area contributed by atoms with Gasteiger partial charge in [0, 0.05) is 17.8 Å². The smallest absolute Gasteiger partial charge is 0.315 e. The van der Waals surface area contributed by atoms with Gasteiger partial charge in [0.05, 0.1) is 0 Å². The lowest BCUT2D eigenvalue weighted by Crippen LogP contribution is -2.53. The molecular formula is C16H23N3O2. The molecule has 0 saturated heterocycles. The fourth-order valence-electron chi connectivity index (χ4n) is 2.44. The SMILES string of the molecule is C[C@H](NC(=O)NC(C)(C)C)C(=O)N1CCc2ccccc21. The molecule has 0 fully saturated rings. The number of benzene rings is 1. The highest BCUT2D eigenvalue weighted by Gasteiger charge is 2.28. The minimum Gasteiger partial charge on any atom is -0.334 e. The quantitative estimate of drug-likeness (QED) is 0.875. The number of hydrogen-bond donors (Lipinski definition) is 2. The zero-order valence-electron chi connectivity index (χ0n) is 13.1. The summed E-state index contributed by atoms with van der Waals surface area (Å²) in [5, 5.41) is 5.50. The maximum absolute atomic E-state index is 12.5. The van der Waals surface area contributed by atoms with Gasteiger partial charge in [-0.05, 0) is 45.7 Å². The molecule has 0 radical (unpaired) electrons. The van der Waals surface area contributed by atoms with Gasteiger partial charge in [-0.2, -0.15) is 0 Å². The highest BCUT2D eigenvalue weighted by Crippen LogP contribution is 2.27. The van der Waals surface area contributed by atoms with Gasteiger partial charge in [-0.15, -0.1) is 0 Å². The summed E-state index contributed by atoms with van der Waals surface area (Å²) in [6, 6.07) is 7.00. The molecule has 1 aromatic carbocycles. The highest BCUT2D eigenvalue weighted by atomic mass is 16.2. The van der Waals surface area contributed by atoms with Crippen LogP contribution < -0.4 is 15.5 Å². The molecular weight excluding hydrogens is 266 g/mol. The maximum atomic E-state index is 12.5. The minimum atomic E-state index is -0.557. The summed E-state index contributed by atoms with van der Waals surface area (Å²) in [6.07, 6.45) is 0.864. The van der Waals surface area contributed by atoms with Gasteiger partial charge in [-0.25, -0.2) is 4.79 Å². The number of rotatable bonds is 2. The molecule has 3 amide bonds. The molecule has 1 aromatic rings. The number of hydrogen-bond acceptors (Lipinski definition) is 2. The van der Waals surface area contributed by atoms with Gasteiger partial charge in [0.15, 0.2) is 0 Å². The van der Waals surface area contributed by atoms with Crippen LogP contribution in [0.5, 0.6) is 0 Å². The molecule has 5 nitrogen and oxygen atoms in total. The molecule has 2 N–H and O–H groups in total. The number of nitrogens with one attached hydrogen (secondary N) is 2. The van der Waals surface area contributed by atoms with Crippen LogP contribution in [0.1, 0.15) is 33.3 Å². The third-order valence-corrected chi connectivity index (χ3v) is 3.36. The van der Waals surface area contributed by atoms with E-state index in [0.29, 0.717) is 6.54 Å². The molecule has 2 rings (SSSR count). The molecule has 0 unspecified atom stereocenters. The predicted octanol–water partition coefficient (Wildman–Crippen LogP) is 2.06. The van der Waals surface area contributed by atoms with Crippen LogP contribution in [0.3, 0.4) is 0 Å². The highest BCUT2D eigenvalue weighted by molar-refractivity contribution is 6.00. The Bertz CT molecular complexity index is 549. The van der Waals surface area contributed by atoms with Gasteiger partial charge in [-0.1, -0.05) is 18.2 Å². The van der Waals surface area contributed by atoms with E-state index >= 15 is 0 Å². The van der Waals surface area contributed by atoms with Gasteiger partial charge < -0.3 is 15.5 Å².